The summed E-state index contributed by atoms with van der Waals surface area (Å²) in [7, 11) is 0. The quantitative estimate of drug-likeness (QED) is 0.513. The smallest absolute Gasteiger partial charge is 0.304 e. The van der Waals surface area contributed by atoms with E-state index in [1.54, 1.807) is 35.6 Å². The molecule has 4 heterocycles. The number of Topliss-reactive ketones (excluding diaryl/α,β-unsaturated/α-hetero) is 1. The van der Waals surface area contributed by atoms with Crippen molar-refractivity contribution in [1.29, 1.82) is 0 Å². The lowest BCUT2D eigenvalue weighted by Crippen LogP contribution is -2.14. The van der Waals surface area contributed by atoms with Crippen molar-refractivity contribution in [2.24, 2.45) is 0 Å². The Morgan fingerprint density at radius 3 is 2.97 bits per heavy atom. The lowest BCUT2D eigenvalue weighted by atomic mass is 9.97. The molecule has 160 valence electrons. The summed E-state index contributed by atoms with van der Waals surface area (Å²) >= 11 is 0. The largest absolute Gasteiger partial charge is 0.481 e. The monoisotopic (exact) mass is 419 g/mol. The third kappa shape index (κ3) is 5.33. The zero-order valence-corrected chi connectivity index (χ0v) is 17.2. The minimum Gasteiger partial charge on any atom is -0.481 e. The minimum atomic E-state index is -0.877. The Morgan fingerprint density at radius 2 is 2.16 bits per heavy atom. The van der Waals surface area contributed by atoms with Gasteiger partial charge in [-0.25, -0.2) is 9.97 Å². The molecule has 8 nitrogen and oxygen atoms in total. The second-order valence-electron chi connectivity index (χ2n) is 7.80. The summed E-state index contributed by atoms with van der Waals surface area (Å²) in [6, 6.07) is 7.73. The number of hydrogen-bond acceptors (Lipinski definition) is 6. The van der Waals surface area contributed by atoms with Crippen LogP contribution in [-0.4, -0.2) is 42.9 Å². The summed E-state index contributed by atoms with van der Waals surface area (Å²) in [5, 5.41) is 12.6. The SMILES string of the molecule is O=C(O)CC(Cn1cnc(C(=O)CCc2ccc3c(n2)NCCC3)c1)c1cccnc1. The molecule has 3 aromatic rings. The molecule has 0 aromatic carbocycles. The van der Waals surface area contributed by atoms with E-state index in [4.69, 9.17) is 0 Å². The van der Waals surface area contributed by atoms with Gasteiger partial charge in [0.25, 0.3) is 0 Å². The van der Waals surface area contributed by atoms with Gasteiger partial charge in [0.1, 0.15) is 11.5 Å². The molecular weight excluding hydrogens is 394 g/mol. The molecule has 31 heavy (non-hydrogen) atoms. The van der Waals surface area contributed by atoms with Crippen LogP contribution in [0.4, 0.5) is 5.82 Å². The molecule has 1 aliphatic heterocycles. The van der Waals surface area contributed by atoms with Crippen LogP contribution in [0.5, 0.6) is 0 Å². The fourth-order valence-corrected chi connectivity index (χ4v) is 3.85. The van der Waals surface area contributed by atoms with Gasteiger partial charge in [-0.1, -0.05) is 12.1 Å². The van der Waals surface area contributed by atoms with Crippen molar-refractivity contribution < 1.29 is 14.7 Å². The zero-order valence-electron chi connectivity index (χ0n) is 17.2. The van der Waals surface area contributed by atoms with Crippen LogP contribution < -0.4 is 5.32 Å². The number of nitrogens with zero attached hydrogens (tertiary/aromatic N) is 4. The van der Waals surface area contributed by atoms with Crippen molar-refractivity contribution in [3.8, 4) is 0 Å². The van der Waals surface area contributed by atoms with Crippen molar-refractivity contribution in [2.45, 2.75) is 44.6 Å². The van der Waals surface area contributed by atoms with Crippen LogP contribution in [0.2, 0.25) is 0 Å². The summed E-state index contributed by atoms with van der Waals surface area (Å²) in [5.74, 6) is -0.254. The highest BCUT2D eigenvalue weighted by Gasteiger charge is 2.18. The average Bonchev–Trinajstić information content (AvgIpc) is 3.26. The van der Waals surface area contributed by atoms with Crippen molar-refractivity contribution in [3.63, 3.8) is 0 Å². The molecule has 0 fully saturated rings. The van der Waals surface area contributed by atoms with E-state index in [-0.39, 0.29) is 18.1 Å². The first-order chi connectivity index (χ1) is 15.1. The maximum Gasteiger partial charge on any atom is 0.304 e. The van der Waals surface area contributed by atoms with E-state index in [0.29, 0.717) is 25.1 Å². The fourth-order valence-electron chi connectivity index (χ4n) is 3.85. The number of anilines is 1. The van der Waals surface area contributed by atoms with E-state index in [0.717, 1.165) is 36.5 Å². The van der Waals surface area contributed by atoms with Gasteiger partial charge in [-0.2, -0.15) is 0 Å². The third-order valence-electron chi connectivity index (χ3n) is 5.49. The van der Waals surface area contributed by atoms with Crippen LogP contribution >= 0.6 is 0 Å². The number of hydrogen-bond donors (Lipinski definition) is 2. The second kappa shape index (κ2) is 9.51. The Kier molecular flexibility index (Phi) is 6.35. The van der Waals surface area contributed by atoms with Crippen LogP contribution in [-0.2, 0) is 24.2 Å². The topological polar surface area (TPSA) is 110 Å². The number of aliphatic carboxylic acids is 1. The second-order valence-corrected chi connectivity index (χ2v) is 7.80. The molecule has 2 N–H and O–H groups in total. The van der Waals surface area contributed by atoms with Crippen LogP contribution in [0.3, 0.4) is 0 Å². The first-order valence-electron chi connectivity index (χ1n) is 10.5. The van der Waals surface area contributed by atoms with E-state index in [2.05, 4.69) is 26.3 Å². The molecule has 1 aliphatic rings. The number of nitrogens with one attached hydrogen (secondary N) is 1. The summed E-state index contributed by atoms with van der Waals surface area (Å²) < 4.78 is 1.77. The van der Waals surface area contributed by atoms with Crippen LogP contribution in [0, 0.1) is 0 Å². The number of ketones is 1. The van der Waals surface area contributed by atoms with Crippen molar-refractivity contribution in [1.82, 2.24) is 19.5 Å². The van der Waals surface area contributed by atoms with Crippen LogP contribution in [0.15, 0.2) is 49.2 Å². The standard InChI is InChI=1S/C23H25N5O3/c29-21(8-7-19-6-5-16-3-2-10-25-23(16)27-19)20-14-28(15-26-20)13-18(11-22(30)31)17-4-1-9-24-12-17/h1,4-6,9,12,14-15,18H,2-3,7-8,10-11,13H2,(H,25,27)(H,30,31). The molecule has 1 unspecified atom stereocenters. The maximum atomic E-state index is 12.6. The number of pyridine rings is 2. The zero-order chi connectivity index (χ0) is 21.6. The van der Waals surface area contributed by atoms with Gasteiger partial charge < -0.3 is 15.0 Å². The number of rotatable bonds is 9. The number of carbonyl (C=O) groups is 2. The van der Waals surface area contributed by atoms with E-state index in [1.165, 1.54) is 5.56 Å². The van der Waals surface area contributed by atoms with Gasteiger partial charge in [-0.05, 0) is 42.5 Å². The summed E-state index contributed by atoms with van der Waals surface area (Å²) in [4.78, 5) is 36.9. The third-order valence-corrected chi connectivity index (χ3v) is 5.49. The van der Waals surface area contributed by atoms with Gasteiger partial charge in [0, 0.05) is 49.7 Å². The lowest BCUT2D eigenvalue weighted by Gasteiger charge is -2.17. The van der Waals surface area contributed by atoms with E-state index < -0.39 is 5.97 Å². The highest BCUT2D eigenvalue weighted by molar-refractivity contribution is 5.94. The predicted molar refractivity (Wildman–Crippen MR) is 115 cm³/mol. The highest BCUT2D eigenvalue weighted by Crippen LogP contribution is 2.22. The fraction of sp³-hybridized carbons (Fsp3) is 0.348. The van der Waals surface area contributed by atoms with E-state index in [1.807, 2.05) is 12.1 Å². The molecular formula is C23H25N5O3. The molecule has 1 atom stereocenters. The summed E-state index contributed by atoms with van der Waals surface area (Å²) in [6.45, 7) is 1.35. The number of carboxylic acid groups (broad SMARTS) is 1. The number of aryl methyl sites for hydroxylation is 2. The number of carboxylic acids is 1. The maximum absolute atomic E-state index is 12.6. The summed E-state index contributed by atoms with van der Waals surface area (Å²) in [5.41, 5.74) is 3.35. The first-order valence-corrected chi connectivity index (χ1v) is 10.5. The Bertz CT molecular complexity index is 1060. The van der Waals surface area contributed by atoms with Gasteiger partial charge in [0.15, 0.2) is 5.78 Å². The van der Waals surface area contributed by atoms with Gasteiger partial charge in [-0.15, -0.1) is 0 Å². The predicted octanol–water partition coefficient (Wildman–Crippen LogP) is 3.11. The Labute approximate surface area is 180 Å². The van der Waals surface area contributed by atoms with Gasteiger partial charge >= 0.3 is 5.97 Å². The van der Waals surface area contributed by atoms with Crippen molar-refractivity contribution in [2.75, 3.05) is 11.9 Å². The minimum absolute atomic E-state index is 0.0226. The number of fused-ring (bicyclic) bond motifs is 1. The Balaban J connectivity index is 1.38. The van der Waals surface area contributed by atoms with E-state index >= 15 is 0 Å². The molecule has 4 rings (SSSR count). The van der Waals surface area contributed by atoms with Crippen LogP contribution in [0.1, 0.15) is 52.5 Å². The molecule has 0 radical (unpaired) electrons. The number of carbonyl (C=O) groups excluding carboxylic acids is 1. The average molecular weight is 419 g/mol. The number of imidazole rings is 1. The van der Waals surface area contributed by atoms with Crippen molar-refractivity contribution >= 4 is 17.6 Å². The van der Waals surface area contributed by atoms with Gasteiger partial charge in [0.05, 0.1) is 12.7 Å². The van der Waals surface area contributed by atoms with Gasteiger partial charge in [-0.3, -0.25) is 14.6 Å². The number of aromatic nitrogens is 4. The molecule has 0 saturated heterocycles. The molecule has 3 aromatic heterocycles. The van der Waals surface area contributed by atoms with Crippen LogP contribution in [0.25, 0.3) is 0 Å². The van der Waals surface area contributed by atoms with Crippen molar-refractivity contribution in [3.05, 3.63) is 71.7 Å². The first kappa shape index (κ1) is 20.7. The Hall–Kier alpha value is -3.55. The molecule has 8 heteroatoms. The highest BCUT2D eigenvalue weighted by atomic mass is 16.4. The summed E-state index contributed by atoms with van der Waals surface area (Å²) in [6.07, 6.45) is 9.61. The van der Waals surface area contributed by atoms with E-state index in [9.17, 15) is 14.7 Å². The molecule has 0 spiro atoms. The molecule has 0 aliphatic carbocycles. The Morgan fingerprint density at radius 1 is 1.26 bits per heavy atom. The normalized spacial score (nSPS) is 13.8. The lowest BCUT2D eigenvalue weighted by molar-refractivity contribution is -0.137. The molecule has 0 amide bonds. The molecule has 0 bridgehead atoms. The van der Waals surface area contributed by atoms with Gasteiger partial charge in [0.2, 0.25) is 0 Å². The molecule has 0 saturated carbocycles.